The van der Waals surface area contributed by atoms with Gasteiger partial charge in [-0.2, -0.15) is 5.26 Å². The number of morpholine rings is 1. The van der Waals surface area contributed by atoms with Crippen LogP contribution in [0.25, 0.3) is 11.1 Å². The van der Waals surface area contributed by atoms with Crippen LogP contribution in [0, 0.1) is 11.3 Å². The van der Waals surface area contributed by atoms with E-state index in [1.807, 2.05) is 23.9 Å². The topological polar surface area (TPSA) is 188 Å². The molecule has 1 aliphatic carbocycles. The molecule has 0 radical (unpaired) electrons. The van der Waals surface area contributed by atoms with E-state index in [2.05, 4.69) is 41.8 Å². The molecule has 3 aromatic heterocycles. The second-order valence-electron chi connectivity index (χ2n) is 12.6. The van der Waals surface area contributed by atoms with E-state index >= 15 is 0 Å². The summed E-state index contributed by atoms with van der Waals surface area (Å²) in [4.78, 5) is 11.7. The van der Waals surface area contributed by atoms with Crippen molar-refractivity contribution in [3.63, 3.8) is 0 Å². The summed E-state index contributed by atoms with van der Waals surface area (Å²) < 4.78 is 45.2. The fourth-order valence-electron chi connectivity index (χ4n) is 6.31. The number of nitrogens with one attached hydrogen (secondary N) is 1. The van der Waals surface area contributed by atoms with Gasteiger partial charge in [0.1, 0.15) is 39.8 Å². The number of benzene rings is 1. The highest BCUT2D eigenvalue weighted by molar-refractivity contribution is 7.91. The van der Waals surface area contributed by atoms with E-state index in [1.165, 1.54) is 6.33 Å². The molecule has 266 valence electrons. The van der Waals surface area contributed by atoms with E-state index < -0.39 is 9.84 Å². The molecule has 1 atom stereocenters. The summed E-state index contributed by atoms with van der Waals surface area (Å²) >= 11 is 0. The smallest absolute Gasteiger partial charge is 0.256 e. The van der Waals surface area contributed by atoms with Gasteiger partial charge in [-0.3, -0.25) is 9.58 Å². The van der Waals surface area contributed by atoms with Crippen molar-refractivity contribution in [2.24, 2.45) is 0 Å². The van der Waals surface area contributed by atoms with Crippen molar-refractivity contribution in [3.05, 3.63) is 48.7 Å². The van der Waals surface area contributed by atoms with Crippen molar-refractivity contribution in [3.8, 4) is 28.8 Å². The summed E-state index contributed by atoms with van der Waals surface area (Å²) in [7, 11) is -3.09. The van der Waals surface area contributed by atoms with Crippen LogP contribution in [0.15, 0.2) is 43.1 Å². The average molecular weight is 706 g/mol. The van der Waals surface area contributed by atoms with Crippen molar-refractivity contribution in [2.75, 3.05) is 49.7 Å². The maximum Gasteiger partial charge on any atom is 0.256 e. The molecule has 0 amide bonds. The van der Waals surface area contributed by atoms with Gasteiger partial charge in [0.25, 0.3) is 5.88 Å². The number of hydrogen-bond acceptors (Lipinski definition) is 14. The van der Waals surface area contributed by atoms with Crippen LogP contribution in [0.2, 0.25) is 0 Å². The molecule has 6 rings (SSSR count). The lowest BCUT2D eigenvalue weighted by Crippen LogP contribution is -2.45. The van der Waals surface area contributed by atoms with Crippen molar-refractivity contribution in [1.82, 2.24) is 44.9 Å². The third-order valence-corrected chi connectivity index (χ3v) is 10.9. The Morgan fingerprint density at radius 2 is 1.86 bits per heavy atom. The molecular weight excluding hydrogens is 663 g/mol. The molecule has 1 saturated carbocycles. The SMILES string of the molecule is CCS(=O)(=O)CCCOc1nn(C2CCC(N3CCOCC3)CC2)cc1Nc1ncc(-c2ccc(C#N)c(OC(C)Cn3cnnn3)c2)cn1. The Bertz CT molecular complexity index is 1830. The highest BCUT2D eigenvalue weighted by atomic mass is 32.2. The minimum atomic E-state index is -3.09. The van der Waals surface area contributed by atoms with E-state index in [1.54, 1.807) is 36.1 Å². The molecule has 4 heterocycles. The third kappa shape index (κ3) is 9.11. The molecule has 1 aromatic carbocycles. The third-order valence-electron chi connectivity index (χ3n) is 9.08. The fourth-order valence-corrected chi connectivity index (χ4v) is 7.16. The molecule has 1 N–H and O–H groups in total. The van der Waals surface area contributed by atoms with E-state index in [0.29, 0.717) is 47.8 Å². The molecule has 16 nitrogen and oxygen atoms in total. The standard InChI is InChI=1S/C33H43N11O5S/c1-3-50(45,46)16-4-13-48-32-30(22-44(39-32)29-9-7-28(8-10-29)42-11-14-47-15-12-42)38-33-35-19-27(20-36-33)25-5-6-26(18-34)31(17-25)49-24(2)21-43-23-37-40-41-43/h5-6,17,19-20,22-24,28-29H,3-4,7-16,21H2,1-2H3,(H,35,36,38). The normalized spacial score (nSPS) is 19.1. The van der Waals surface area contributed by atoms with Gasteiger partial charge in [-0.1, -0.05) is 13.0 Å². The highest BCUT2D eigenvalue weighted by Crippen LogP contribution is 2.35. The van der Waals surface area contributed by atoms with Crippen molar-refractivity contribution < 1.29 is 22.6 Å². The maximum atomic E-state index is 12.0. The first kappa shape index (κ1) is 35.2. The second-order valence-corrected chi connectivity index (χ2v) is 15.1. The van der Waals surface area contributed by atoms with E-state index in [-0.39, 0.29) is 30.3 Å². The number of anilines is 2. The van der Waals surface area contributed by atoms with Crippen molar-refractivity contribution >= 4 is 21.5 Å². The number of aromatic nitrogens is 8. The molecule has 0 spiro atoms. The Morgan fingerprint density at radius 3 is 2.56 bits per heavy atom. The van der Waals surface area contributed by atoms with Crippen LogP contribution in [0.1, 0.15) is 57.6 Å². The Balaban J connectivity index is 1.14. The Kier molecular flexibility index (Phi) is 11.5. The number of nitriles is 1. The number of hydrogen-bond donors (Lipinski definition) is 1. The number of rotatable bonds is 15. The highest BCUT2D eigenvalue weighted by Gasteiger charge is 2.29. The van der Waals surface area contributed by atoms with Gasteiger partial charge in [-0.05, 0) is 67.2 Å². The lowest BCUT2D eigenvalue weighted by atomic mass is 9.90. The zero-order valence-electron chi connectivity index (χ0n) is 28.4. The number of nitrogens with zero attached hydrogens (tertiary/aromatic N) is 10. The molecule has 4 aromatic rings. The van der Waals surface area contributed by atoms with Crippen LogP contribution < -0.4 is 14.8 Å². The largest absolute Gasteiger partial charge is 0.487 e. The van der Waals surface area contributed by atoms with Gasteiger partial charge >= 0.3 is 0 Å². The Morgan fingerprint density at radius 1 is 1.10 bits per heavy atom. The lowest BCUT2D eigenvalue weighted by Gasteiger charge is -2.38. The first-order chi connectivity index (χ1) is 24.3. The summed E-state index contributed by atoms with van der Waals surface area (Å²) in [6, 6.07) is 8.29. The minimum absolute atomic E-state index is 0.0589. The lowest BCUT2D eigenvalue weighted by molar-refractivity contribution is 0.00503. The first-order valence-corrected chi connectivity index (χ1v) is 18.9. The van der Waals surface area contributed by atoms with Crippen LogP contribution in [0.5, 0.6) is 11.6 Å². The fraction of sp³-hybridized carbons (Fsp3) is 0.545. The van der Waals surface area contributed by atoms with Gasteiger partial charge in [0, 0.05) is 42.8 Å². The van der Waals surface area contributed by atoms with Crippen molar-refractivity contribution in [2.45, 2.75) is 70.7 Å². The van der Waals surface area contributed by atoms with E-state index in [0.717, 1.165) is 63.1 Å². The summed E-state index contributed by atoms with van der Waals surface area (Å²) in [6.07, 6.45) is 11.1. The molecular formula is C33H43N11O5S. The number of sulfone groups is 1. The Hall–Kier alpha value is -4.66. The van der Waals surface area contributed by atoms with Crippen molar-refractivity contribution in [1.29, 1.82) is 5.26 Å². The predicted molar refractivity (Wildman–Crippen MR) is 184 cm³/mol. The van der Waals surface area contributed by atoms with Gasteiger partial charge < -0.3 is 19.5 Å². The van der Waals surface area contributed by atoms with Crippen LogP contribution >= 0.6 is 0 Å². The predicted octanol–water partition coefficient (Wildman–Crippen LogP) is 3.43. The molecule has 50 heavy (non-hydrogen) atoms. The van der Waals surface area contributed by atoms with Gasteiger partial charge in [-0.25, -0.2) is 23.1 Å². The summed E-state index contributed by atoms with van der Waals surface area (Å²) in [5.41, 5.74) is 2.53. The quantitative estimate of drug-likeness (QED) is 0.177. The zero-order valence-corrected chi connectivity index (χ0v) is 29.2. The average Bonchev–Trinajstić information content (AvgIpc) is 3.81. The minimum Gasteiger partial charge on any atom is -0.487 e. The summed E-state index contributed by atoms with van der Waals surface area (Å²) in [6.45, 7) is 7.72. The molecule has 0 bridgehead atoms. The van der Waals surface area contributed by atoms with Gasteiger partial charge in [0.2, 0.25) is 5.95 Å². The summed E-state index contributed by atoms with van der Waals surface area (Å²) in [5.74, 6) is 1.33. The monoisotopic (exact) mass is 705 g/mol. The molecule has 2 aliphatic rings. The summed E-state index contributed by atoms with van der Waals surface area (Å²) in [5, 5.41) is 28.9. The van der Waals surface area contributed by atoms with Gasteiger partial charge in [0.05, 0.1) is 49.9 Å². The molecule has 1 unspecified atom stereocenters. The van der Waals surface area contributed by atoms with E-state index in [4.69, 9.17) is 19.3 Å². The molecule has 2 fully saturated rings. The van der Waals surface area contributed by atoms with Crippen LogP contribution in [-0.2, 0) is 21.1 Å². The first-order valence-electron chi connectivity index (χ1n) is 17.1. The van der Waals surface area contributed by atoms with Gasteiger partial charge in [0.15, 0.2) is 0 Å². The maximum absolute atomic E-state index is 12.0. The van der Waals surface area contributed by atoms with E-state index in [9.17, 15) is 13.7 Å². The second kappa shape index (κ2) is 16.4. The molecule has 17 heteroatoms. The molecule has 1 aliphatic heterocycles. The van der Waals surface area contributed by atoms with Crippen LogP contribution in [-0.4, -0.2) is 110 Å². The number of tetrazole rings is 1. The molecule has 1 saturated heterocycles. The van der Waals surface area contributed by atoms with Crippen LogP contribution in [0.3, 0.4) is 0 Å². The zero-order chi connectivity index (χ0) is 34.9. The van der Waals surface area contributed by atoms with Gasteiger partial charge in [-0.15, -0.1) is 10.2 Å². The number of ether oxygens (including phenoxy) is 3. The van der Waals surface area contributed by atoms with Crippen LogP contribution in [0.4, 0.5) is 11.6 Å². The Labute approximate surface area is 291 Å².